The number of rotatable bonds is 2. The van der Waals surface area contributed by atoms with Gasteiger partial charge in [0.15, 0.2) is 0 Å². The van der Waals surface area contributed by atoms with Crippen LogP contribution in [0.15, 0.2) is 4.47 Å². The Kier molecular flexibility index (Phi) is 2.44. The highest BCUT2D eigenvalue weighted by atomic mass is 79.9. The van der Waals surface area contributed by atoms with Gasteiger partial charge < -0.3 is 0 Å². The molecule has 0 saturated heterocycles. The molecular weight excluding hydrogens is 208 g/mol. The molecule has 1 heterocycles. The van der Waals surface area contributed by atoms with Gasteiger partial charge in [0.1, 0.15) is 5.69 Å². The summed E-state index contributed by atoms with van der Waals surface area (Å²) in [7, 11) is 0. The second-order valence-corrected chi connectivity index (χ2v) is 2.96. The lowest BCUT2D eigenvalue weighted by atomic mass is 10.4. The molecule has 0 aliphatic rings. The van der Waals surface area contributed by atoms with Crippen LogP contribution in [0.1, 0.15) is 18.3 Å². The summed E-state index contributed by atoms with van der Waals surface area (Å²) in [5, 5.41) is 4.11. The van der Waals surface area contributed by atoms with Crippen molar-refractivity contribution < 1.29 is 4.79 Å². The van der Waals surface area contributed by atoms with Crippen LogP contribution in [0.3, 0.4) is 0 Å². The van der Waals surface area contributed by atoms with Gasteiger partial charge in [-0.25, -0.2) is 0 Å². The molecule has 1 aromatic heterocycles. The number of hydrogen-bond acceptors (Lipinski definition) is 2. The Morgan fingerprint density at radius 1 is 1.73 bits per heavy atom. The maximum atomic E-state index is 10.4. The number of aryl methyl sites for hydroxylation is 2. The number of carbonyl (C=O) groups excluding carboxylic acids is 1. The van der Waals surface area contributed by atoms with E-state index in [-0.39, 0.29) is 0 Å². The standard InChI is InChI=1S/C7H8BrN2O/c1-3-10-6(4-11)7(8)5(2)9-10/h3H2,1-2H3. The lowest BCUT2D eigenvalue weighted by Crippen LogP contribution is -2.01. The monoisotopic (exact) mass is 215 g/mol. The van der Waals surface area contributed by atoms with Gasteiger partial charge in [-0.2, -0.15) is 5.10 Å². The van der Waals surface area contributed by atoms with E-state index in [4.69, 9.17) is 0 Å². The first kappa shape index (κ1) is 8.46. The molecule has 3 nitrogen and oxygen atoms in total. The van der Waals surface area contributed by atoms with Gasteiger partial charge in [0.25, 0.3) is 6.29 Å². The van der Waals surface area contributed by atoms with Gasteiger partial charge >= 0.3 is 0 Å². The molecular formula is C7H8BrN2O. The quantitative estimate of drug-likeness (QED) is 0.749. The fourth-order valence-corrected chi connectivity index (χ4v) is 1.25. The van der Waals surface area contributed by atoms with Crippen LogP contribution in [0.25, 0.3) is 0 Å². The molecule has 1 rings (SSSR count). The Morgan fingerprint density at radius 3 is 2.73 bits per heavy atom. The van der Waals surface area contributed by atoms with Gasteiger partial charge in [-0.1, -0.05) is 0 Å². The van der Waals surface area contributed by atoms with E-state index in [1.165, 1.54) is 0 Å². The fourth-order valence-electron chi connectivity index (χ4n) is 0.886. The van der Waals surface area contributed by atoms with Crippen LogP contribution in [0, 0.1) is 6.92 Å². The van der Waals surface area contributed by atoms with Crippen molar-refractivity contribution in [3.8, 4) is 0 Å². The van der Waals surface area contributed by atoms with Gasteiger partial charge in [-0.3, -0.25) is 9.48 Å². The zero-order valence-electron chi connectivity index (χ0n) is 6.39. The van der Waals surface area contributed by atoms with Crippen LogP contribution in [-0.4, -0.2) is 16.1 Å². The van der Waals surface area contributed by atoms with E-state index in [0.29, 0.717) is 12.2 Å². The SMILES string of the molecule is CCn1nc(C)c(Br)c1[C]=O. The van der Waals surface area contributed by atoms with E-state index in [9.17, 15) is 4.79 Å². The normalized spacial score (nSPS) is 10.1. The zero-order chi connectivity index (χ0) is 8.43. The second-order valence-electron chi connectivity index (χ2n) is 2.17. The maximum absolute atomic E-state index is 10.4. The lowest BCUT2D eigenvalue weighted by molar-refractivity contribution is 0.553. The molecule has 1 radical (unpaired) electrons. The van der Waals surface area contributed by atoms with Crippen LogP contribution in [0.4, 0.5) is 0 Å². The number of halogens is 1. The third-order valence-electron chi connectivity index (χ3n) is 1.45. The average Bonchev–Trinajstić information content (AvgIpc) is 2.28. The summed E-state index contributed by atoms with van der Waals surface area (Å²) < 4.78 is 2.36. The zero-order valence-corrected chi connectivity index (χ0v) is 7.97. The smallest absolute Gasteiger partial charge is 0.254 e. The molecule has 0 N–H and O–H groups in total. The minimum atomic E-state index is 0.491. The van der Waals surface area contributed by atoms with Gasteiger partial charge in [0.2, 0.25) is 0 Å². The molecule has 0 fully saturated rings. The highest BCUT2D eigenvalue weighted by Crippen LogP contribution is 2.18. The molecule has 0 amide bonds. The van der Waals surface area contributed by atoms with Crippen LogP contribution in [0.2, 0.25) is 0 Å². The van der Waals surface area contributed by atoms with Gasteiger partial charge in [-0.15, -0.1) is 0 Å². The molecule has 4 heteroatoms. The Morgan fingerprint density at radius 2 is 2.36 bits per heavy atom. The van der Waals surface area contributed by atoms with Crippen LogP contribution in [0.5, 0.6) is 0 Å². The third kappa shape index (κ3) is 1.35. The number of nitrogens with zero attached hydrogens (tertiary/aromatic N) is 2. The molecule has 0 unspecified atom stereocenters. The molecule has 0 aliphatic carbocycles. The minimum Gasteiger partial charge on any atom is -0.283 e. The topological polar surface area (TPSA) is 34.9 Å². The van der Waals surface area contributed by atoms with Crippen LogP contribution in [-0.2, 0) is 11.3 Å². The van der Waals surface area contributed by atoms with Gasteiger partial charge in [-0.05, 0) is 29.8 Å². The van der Waals surface area contributed by atoms with E-state index in [2.05, 4.69) is 21.0 Å². The highest BCUT2D eigenvalue weighted by Gasteiger charge is 2.10. The Balaban J connectivity index is 3.26. The van der Waals surface area contributed by atoms with Crippen LogP contribution >= 0.6 is 15.9 Å². The summed E-state index contributed by atoms with van der Waals surface area (Å²) in [6.45, 7) is 4.47. The predicted octanol–water partition coefficient (Wildman–Crippen LogP) is 1.43. The van der Waals surface area contributed by atoms with E-state index < -0.39 is 0 Å². The third-order valence-corrected chi connectivity index (χ3v) is 2.40. The summed E-state index contributed by atoms with van der Waals surface area (Å²) >= 11 is 3.26. The molecule has 1 aromatic rings. The van der Waals surface area contributed by atoms with Crippen molar-refractivity contribution in [1.29, 1.82) is 0 Å². The minimum absolute atomic E-state index is 0.491. The molecule has 0 aromatic carbocycles. The van der Waals surface area contributed by atoms with E-state index >= 15 is 0 Å². The van der Waals surface area contributed by atoms with Crippen molar-refractivity contribution in [2.75, 3.05) is 0 Å². The average molecular weight is 216 g/mol. The first-order valence-corrected chi connectivity index (χ1v) is 4.11. The molecule has 0 atom stereocenters. The first-order valence-electron chi connectivity index (χ1n) is 3.31. The van der Waals surface area contributed by atoms with Crippen molar-refractivity contribution >= 4 is 22.2 Å². The van der Waals surface area contributed by atoms with Crippen molar-refractivity contribution in [3.05, 3.63) is 15.9 Å². The second kappa shape index (κ2) is 3.17. The summed E-state index contributed by atoms with van der Waals surface area (Å²) in [5.74, 6) is 0. The molecule has 0 saturated carbocycles. The van der Waals surface area contributed by atoms with Gasteiger partial charge in [0, 0.05) is 6.54 Å². The van der Waals surface area contributed by atoms with E-state index in [0.717, 1.165) is 10.2 Å². The first-order chi connectivity index (χ1) is 5.20. The Bertz CT molecular complexity index is 280. The molecule has 11 heavy (non-hydrogen) atoms. The maximum Gasteiger partial charge on any atom is 0.254 e. The molecule has 0 spiro atoms. The van der Waals surface area contributed by atoms with Crippen LogP contribution < -0.4 is 0 Å². The fraction of sp³-hybridized carbons (Fsp3) is 0.429. The highest BCUT2D eigenvalue weighted by molar-refractivity contribution is 9.10. The van der Waals surface area contributed by atoms with Crippen molar-refractivity contribution in [1.82, 2.24) is 9.78 Å². The summed E-state index contributed by atoms with van der Waals surface area (Å²) in [6.07, 6.45) is 1.84. The molecule has 0 aliphatic heterocycles. The van der Waals surface area contributed by atoms with Crippen molar-refractivity contribution in [2.24, 2.45) is 0 Å². The van der Waals surface area contributed by atoms with E-state index in [1.807, 2.05) is 20.1 Å². The Hall–Kier alpha value is -0.640. The van der Waals surface area contributed by atoms with Crippen molar-refractivity contribution in [2.45, 2.75) is 20.4 Å². The largest absolute Gasteiger partial charge is 0.283 e. The summed E-state index contributed by atoms with van der Waals surface area (Å²) in [4.78, 5) is 10.4. The lowest BCUT2D eigenvalue weighted by Gasteiger charge is -1.94. The van der Waals surface area contributed by atoms with Crippen molar-refractivity contribution in [3.63, 3.8) is 0 Å². The molecule has 0 bridgehead atoms. The Labute approximate surface area is 73.5 Å². The summed E-state index contributed by atoms with van der Waals surface area (Å²) in [5.41, 5.74) is 1.32. The van der Waals surface area contributed by atoms with E-state index in [1.54, 1.807) is 4.68 Å². The number of aromatic nitrogens is 2. The molecule has 59 valence electrons. The predicted molar refractivity (Wildman–Crippen MR) is 45.1 cm³/mol. The van der Waals surface area contributed by atoms with Gasteiger partial charge in [0.05, 0.1) is 10.2 Å². The number of hydrogen-bond donors (Lipinski definition) is 0. The summed E-state index contributed by atoms with van der Waals surface area (Å²) in [6, 6.07) is 0.